The molecule has 1 atom stereocenters. The Kier molecular flexibility index (Phi) is 4.83. The largest absolute Gasteiger partial charge is 0.481 e. The van der Waals surface area contributed by atoms with Gasteiger partial charge in [-0.15, -0.1) is 0 Å². The zero-order chi connectivity index (χ0) is 13.7. The van der Waals surface area contributed by atoms with Gasteiger partial charge in [-0.25, -0.2) is 4.39 Å². The lowest BCUT2D eigenvalue weighted by atomic mass is 10.1. The summed E-state index contributed by atoms with van der Waals surface area (Å²) in [4.78, 5) is 22.5. The molecule has 2 N–H and O–H groups in total. The average molecular weight is 253 g/mol. The van der Waals surface area contributed by atoms with Crippen LogP contribution in [-0.2, 0) is 4.79 Å². The number of carboxylic acids is 1. The fourth-order valence-electron chi connectivity index (χ4n) is 1.51. The Labute approximate surface area is 105 Å². The second-order valence-electron chi connectivity index (χ2n) is 4.12. The van der Waals surface area contributed by atoms with Gasteiger partial charge in [-0.1, -0.05) is 6.92 Å². The van der Waals surface area contributed by atoms with E-state index in [0.717, 1.165) is 0 Å². The van der Waals surface area contributed by atoms with Gasteiger partial charge in [-0.3, -0.25) is 9.59 Å². The molecule has 0 saturated heterocycles. The van der Waals surface area contributed by atoms with Gasteiger partial charge < -0.3 is 10.4 Å². The van der Waals surface area contributed by atoms with Gasteiger partial charge >= 0.3 is 5.97 Å². The van der Waals surface area contributed by atoms with Crippen molar-refractivity contribution in [3.63, 3.8) is 0 Å². The number of hydrogen-bond donors (Lipinski definition) is 2. The SMILES string of the molecule is CCC(CNC(=O)c1ccc(F)c(C)c1)C(=O)O. The van der Waals surface area contributed by atoms with Crippen LogP contribution in [0.5, 0.6) is 0 Å². The summed E-state index contributed by atoms with van der Waals surface area (Å²) in [6, 6.07) is 4.03. The Morgan fingerprint density at radius 3 is 2.61 bits per heavy atom. The molecule has 1 amide bonds. The minimum absolute atomic E-state index is 0.0705. The molecule has 0 spiro atoms. The maximum atomic E-state index is 13.0. The summed E-state index contributed by atoms with van der Waals surface area (Å²) in [5, 5.41) is 11.4. The first-order valence-electron chi connectivity index (χ1n) is 5.72. The van der Waals surface area contributed by atoms with Crippen molar-refractivity contribution in [1.82, 2.24) is 5.32 Å². The Morgan fingerprint density at radius 1 is 1.44 bits per heavy atom. The highest BCUT2D eigenvalue weighted by Gasteiger charge is 2.16. The van der Waals surface area contributed by atoms with Gasteiger partial charge in [0.05, 0.1) is 5.92 Å². The van der Waals surface area contributed by atoms with Crippen LogP contribution in [0, 0.1) is 18.7 Å². The fourth-order valence-corrected chi connectivity index (χ4v) is 1.51. The molecule has 4 nitrogen and oxygen atoms in total. The third-order valence-electron chi connectivity index (χ3n) is 2.77. The lowest BCUT2D eigenvalue weighted by Crippen LogP contribution is -2.32. The summed E-state index contributed by atoms with van der Waals surface area (Å²) in [5.74, 6) is -2.30. The number of amides is 1. The van der Waals surface area contributed by atoms with Crippen LogP contribution in [0.25, 0.3) is 0 Å². The number of nitrogens with one attached hydrogen (secondary N) is 1. The molecular formula is C13H16FNO3. The highest BCUT2D eigenvalue weighted by molar-refractivity contribution is 5.94. The van der Waals surface area contributed by atoms with Crippen molar-refractivity contribution < 1.29 is 19.1 Å². The molecule has 0 aliphatic rings. The molecule has 18 heavy (non-hydrogen) atoms. The van der Waals surface area contributed by atoms with E-state index in [1.165, 1.54) is 18.2 Å². The van der Waals surface area contributed by atoms with Gasteiger partial charge in [0.15, 0.2) is 0 Å². The van der Waals surface area contributed by atoms with Crippen molar-refractivity contribution >= 4 is 11.9 Å². The van der Waals surface area contributed by atoms with Gasteiger partial charge in [-0.05, 0) is 37.1 Å². The van der Waals surface area contributed by atoms with E-state index in [4.69, 9.17) is 5.11 Å². The van der Waals surface area contributed by atoms with E-state index in [1.807, 2.05) is 0 Å². The maximum Gasteiger partial charge on any atom is 0.308 e. The van der Waals surface area contributed by atoms with Crippen LogP contribution in [0.1, 0.15) is 29.3 Å². The first-order valence-corrected chi connectivity index (χ1v) is 5.72. The van der Waals surface area contributed by atoms with E-state index in [1.54, 1.807) is 13.8 Å². The van der Waals surface area contributed by atoms with Gasteiger partial charge in [0.25, 0.3) is 5.91 Å². The van der Waals surface area contributed by atoms with E-state index in [9.17, 15) is 14.0 Å². The molecule has 0 aliphatic heterocycles. The van der Waals surface area contributed by atoms with Gasteiger partial charge in [-0.2, -0.15) is 0 Å². The number of hydrogen-bond acceptors (Lipinski definition) is 2. The van der Waals surface area contributed by atoms with Gasteiger partial charge in [0, 0.05) is 12.1 Å². The number of aryl methyl sites for hydroxylation is 1. The van der Waals surface area contributed by atoms with Crippen LogP contribution in [0.2, 0.25) is 0 Å². The molecule has 0 fully saturated rings. The quantitative estimate of drug-likeness (QED) is 0.843. The Balaban J connectivity index is 2.65. The summed E-state index contributed by atoms with van der Waals surface area (Å²) < 4.78 is 13.0. The van der Waals surface area contributed by atoms with Crippen molar-refractivity contribution in [2.24, 2.45) is 5.92 Å². The third-order valence-corrected chi connectivity index (χ3v) is 2.77. The molecule has 1 aromatic carbocycles. The van der Waals surface area contributed by atoms with Crippen molar-refractivity contribution in [1.29, 1.82) is 0 Å². The molecule has 0 aliphatic carbocycles. The summed E-state index contributed by atoms with van der Waals surface area (Å²) in [6.45, 7) is 3.38. The predicted octanol–water partition coefficient (Wildman–Crippen LogP) is 1.97. The Bertz CT molecular complexity index is 460. The van der Waals surface area contributed by atoms with Crippen molar-refractivity contribution in [3.05, 3.63) is 35.1 Å². The van der Waals surface area contributed by atoms with E-state index in [0.29, 0.717) is 17.5 Å². The molecule has 0 saturated carbocycles. The summed E-state index contributed by atoms with van der Waals surface area (Å²) >= 11 is 0. The number of carbonyl (C=O) groups excluding carboxylic acids is 1. The van der Waals surface area contributed by atoms with E-state index in [2.05, 4.69) is 5.32 Å². The lowest BCUT2D eigenvalue weighted by molar-refractivity contribution is -0.141. The van der Waals surface area contributed by atoms with E-state index in [-0.39, 0.29) is 12.4 Å². The number of carboxylic acid groups (broad SMARTS) is 1. The highest BCUT2D eigenvalue weighted by atomic mass is 19.1. The normalized spacial score (nSPS) is 11.9. The van der Waals surface area contributed by atoms with Gasteiger partial charge in [0.2, 0.25) is 0 Å². The minimum Gasteiger partial charge on any atom is -0.481 e. The Hall–Kier alpha value is -1.91. The summed E-state index contributed by atoms with van der Waals surface area (Å²) in [6.07, 6.45) is 0.443. The Morgan fingerprint density at radius 2 is 2.11 bits per heavy atom. The molecule has 5 heteroatoms. The number of aliphatic carboxylic acids is 1. The van der Waals surface area contributed by atoms with E-state index >= 15 is 0 Å². The van der Waals surface area contributed by atoms with E-state index < -0.39 is 17.8 Å². The minimum atomic E-state index is -0.937. The van der Waals surface area contributed by atoms with Crippen LogP contribution < -0.4 is 5.32 Å². The molecule has 1 rings (SSSR count). The number of carbonyl (C=O) groups is 2. The van der Waals surface area contributed by atoms with Crippen LogP contribution >= 0.6 is 0 Å². The van der Waals surface area contributed by atoms with Crippen molar-refractivity contribution in [3.8, 4) is 0 Å². The molecule has 98 valence electrons. The van der Waals surface area contributed by atoms with Crippen LogP contribution in [-0.4, -0.2) is 23.5 Å². The zero-order valence-corrected chi connectivity index (χ0v) is 10.4. The van der Waals surface area contributed by atoms with Crippen molar-refractivity contribution in [2.75, 3.05) is 6.54 Å². The average Bonchev–Trinajstić information content (AvgIpc) is 2.32. The molecule has 1 unspecified atom stereocenters. The third kappa shape index (κ3) is 3.55. The van der Waals surface area contributed by atoms with Crippen molar-refractivity contribution in [2.45, 2.75) is 20.3 Å². The topological polar surface area (TPSA) is 66.4 Å². The first kappa shape index (κ1) is 14.2. The van der Waals surface area contributed by atoms with Crippen LogP contribution in [0.15, 0.2) is 18.2 Å². The summed E-state index contributed by atoms with van der Waals surface area (Å²) in [7, 11) is 0. The molecular weight excluding hydrogens is 237 g/mol. The van der Waals surface area contributed by atoms with Gasteiger partial charge in [0.1, 0.15) is 5.82 Å². The maximum absolute atomic E-state index is 13.0. The number of benzene rings is 1. The van der Waals surface area contributed by atoms with Crippen LogP contribution in [0.4, 0.5) is 4.39 Å². The predicted molar refractivity (Wildman–Crippen MR) is 64.9 cm³/mol. The first-order chi connectivity index (χ1) is 8.45. The molecule has 0 aromatic heterocycles. The number of rotatable bonds is 5. The molecule has 0 bridgehead atoms. The van der Waals surface area contributed by atoms with Crippen LogP contribution in [0.3, 0.4) is 0 Å². The molecule has 0 radical (unpaired) electrons. The monoisotopic (exact) mass is 253 g/mol. The lowest BCUT2D eigenvalue weighted by Gasteiger charge is -2.11. The molecule has 1 aromatic rings. The molecule has 0 heterocycles. The second-order valence-corrected chi connectivity index (χ2v) is 4.12. The number of halogens is 1. The highest BCUT2D eigenvalue weighted by Crippen LogP contribution is 2.09. The fraction of sp³-hybridized carbons (Fsp3) is 0.385. The standard InChI is InChI=1S/C13H16FNO3/c1-3-9(13(17)18)7-15-12(16)10-4-5-11(14)8(2)6-10/h4-6,9H,3,7H2,1-2H3,(H,15,16)(H,17,18). The zero-order valence-electron chi connectivity index (χ0n) is 10.4. The second kappa shape index (κ2) is 6.14. The summed E-state index contributed by atoms with van der Waals surface area (Å²) in [5.41, 5.74) is 0.710. The smallest absolute Gasteiger partial charge is 0.308 e.